The van der Waals surface area contributed by atoms with Gasteiger partial charge in [0.2, 0.25) is 0 Å². The second kappa shape index (κ2) is 4.45. The molecule has 94 valence electrons. The Balaban J connectivity index is 2.48. The first kappa shape index (κ1) is 12.6. The molecule has 0 bridgehead atoms. The number of carbonyl (C=O) groups excluding carboxylic acids is 1. The Kier molecular flexibility index (Phi) is 3.30. The van der Waals surface area contributed by atoms with E-state index in [9.17, 15) is 4.79 Å². The minimum atomic E-state index is -0.189. The van der Waals surface area contributed by atoms with Gasteiger partial charge in [0.15, 0.2) is 6.29 Å². The summed E-state index contributed by atoms with van der Waals surface area (Å²) in [5.41, 5.74) is 1.30. The van der Waals surface area contributed by atoms with E-state index in [1.165, 1.54) is 12.8 Å². The van der Waals surface area contributed by atoms with E-state index in [2.05, 4.69) is 5.10 Å². The lowest BCUT2D eigenvalue weighted by Crippen LogP contribution is -2.23. The molecule has 0 amide bonds. The second-order valence-electron chi connectivity index (χ2n) is 5.77. The van der Waals surface area contributed by atoms with Gasteiger partial charge in [-0.2, -0.15) is 5.10 Å². The third kappa shape index (κ3) is 2.25. The smallest absolute Gasteiger partial charge is 0.155 e. The van der Waals surface area contributed by atoms with Crippen LogP contribution in [0.15, 0.2) is 0 Å². The van der Waals surface area contributed by atoms with Crippen LogP contribution in [0.25, 0.3) is 0 Å². The van der Waals surface area contributed by atoms with Crippen LogP contribution < -0.4 is 0 Å². The van der Waals surface area contributed by atoms with Gasteiger partial charge < -0.3 is 0 Å². The molecular weight excluding hydrogens is 236 g/mol. The molecule has 0 radical (unpaired) electrons. The minimum absolute atomic E-state index is 0.189. The highest BCUT2D eigenvalue weighted by Gasteiger charge is 2.29. The number of hydrogen-bond acceptors (Lipinski definition) is 2. The van der Waals surface area contributed by atoms with Crippen LogP contribution in [-0.4, -0.2) is 16.1 Å². The summed E-state index contributed by atoms with van der Waals surface area (Å²) in [7, 11) is 0. The Morgan fingerprint density at radius 3 is 2.41 bits per heavy atom. The normalized spacial score (nSPS) is 17.6. The molecule has 17 heavy (non-hydrogen) atoms. The Labute approximate surface area is 107 Å². The van der Waals surface area contributed by atoms with Gasteiger partial charge in [0.1, 0.15) is 5.15 Å². The average molecular weight is 255 g/mol. The third-order valence-electron chi connectivity index (χ3n) is 3.39. The summed E-state index contributed by atoms with van der Waals surface area (Å²) in [6.07, 6.45) is 5.55. The minimum Gasteiger partial charge on any atom is -0.298 e. The summed E-state index contributed by atoms with van der Waals surface area (Å²) in [5.74, 6) is 0.413. The maximum absolute atomic E-state index is 11.2. The number of aldehydes is 1. The fraction of sp³-hybridized carbons (Fsp3) is 0.692. The van der Waals surface area contributed by atoms with Gasteiger partial charge in [0.25, 0.3) is 0 Å². The van der Waals surface area contributed by atoms with Crippen molar-refractivity contribution < 1.29 is 4.79 Å². The molecule has 1 saturated carbocycles. The first-order chi connectivity index (χ1) is 7.95. The van der Waals surface area contributed by atoms with Crippen LogP contribution in [-0.2, 0) is 5.54 Å². The van der Waals surface area contributed by atoms with E-state index in [1.807, 2.05) is 20.8 Å². The standard InChI is InChI=1S/C13H19ClN2O/c1-13(2,3)16-12(14)10(8-17)11(15-16)9-6-4-5-7-9/h8-9H,4-7H2,1-3H3. The fourth-order valence-corrected chi connectivity index (χ4v) is 2.91. The Morgan fingerprint density at radius 1 is 1.35 bits per heavy atom. The van der Waals surface area contributed by atoms with Crippen molar-refractivity contribution in [1.82, 2.24) is 9.78 Å². The molecule has 1 aliphatic rings. The summed E-state index contributed by atoms with van der Waals surface area (Å²) in [6, 6.07) is 0. The molecule has 1 heterocycles. The highest BCUT2D eigenvalue weighted by atomic mass is 35.5. The second-order valence-corrected chi connectivity index (χ2v) is 6.13. The van der Waals surface area contributed by atoms with E-state index in [4.69, 9.17) is 11.6 Å². The van der Waals surface area contributed by atoms with Gasteiger partial charge in [-0.05, 0) is 33.6 Å². The molecule has 4 heteroatoms. The molecular formula is C13H19ClN2O. The topological polar surface area (TPSA) is 34.9 Å². The largest absolute Gasteiger partial charge is 0.298 e. The molecule has 0 atom stereocenters. The van der Waals surface area contributed by atoms with E-state index in [0.29, 0.717) is 16.6 Å². The van der Waals surface area contributed by atoms with Crippen molar-refractivity contribution in [3.63, 3.8) is 0 Å². The molecule has 0 saturated heterocycles. The van der Waals surface area contributed by atoms with Crippen LogP contribution in [0, 0.1) is 0 Å². The van der Waals surface area contributed by atoms with Gasteiger partial charge in [-0.3, -0.25) is 4.79 Å². The van der Waals surface area contributed by atoms with Crippen LogP contribution in [0.3, 0.4) is 0 Å². The third-order valence-corrected chi connectivity index (χ3v) is 3.75. The summed E-state index contributed by atoms with van der Waals surface area (Å²) >= 11 is 6.26. The van der Waals surface area contributed by atoms with Gasteiger partial charge >= 0.3 is 0 Å². The molecule has 0 aromatic carbocycles. The quantitative estimate of drug-likeness (QED) is 0.753. The number of hydrogen-bond donors (Lipinski definition) is 0. The number of halogens is 1. The lowest BCUT2D eigenvalue weighted by atomic mass is 10.0. The van der Waals surface area contributed by atoms with Gasteiger partial charge in [-0.25, -0.2) is 4.68 Å². The van der Waals surface area contributed by atoms with E-state index in [1.54, 1.807) is 4.68 Å². The molecule has 1 fully saturated rings. The van der Waals surface area contributed by atoms with Crippen LogP contribution in [0.2, 0.25) is 5.15 Å². The van der Waals surface area contributed by atoms with E-state index >= 15 is 0 Å². The molecule has 1 aliphatic carbocycles. The van der Waals surface area contributed by atoms with Crippen molar-refractivity contribution in [1.29, 1.82) is 0 Å². The average Bonchev–Trinajstić information content (AvgIpc) is 2.82. The van der Waals surface area contributed by atoms with Gasteiger partial charge in [-0.15, -0.1) is 0 Å². The number of rotatable bonds is 2. The first-order valence-corrected chi connectivity index (χ1v) is 6.57. The molecule has 0 unspecified atom stereocenters. The van der Waals surface area contributed by atoms with Crippen molar-refractivity contribution in [2.75, 3.05) is 0 Å². The lowest BCUT2D eigenvalue weighted by Gasteiger charge is -2.20. The Morgan fingerprint density at radius 2 is 1.94 bits per heavy atom. The molecule has 1 aromatic rings. The molecule has 3 nitrogen and oxygen atoms in total. The lowest BCUT2D eigenvalue weighted by molar-refractivity contribution is 0.112. The highest BCUT2D eigenvalue weighted by Crippen LogP contribution is 2.37. The van der Waals surface area contributed by atoms with Gasteiger partial charge in [0, 0.05) is 5.92 Å². The van der Waals surface area contributed by atoms with E-state index in [-0.39, 0.29) is 5.54 Å². The van der Waals surface area contributed by atoms with Gasteiger partial charge in [0.05, 0.1) is 16.8 Å². The fourth-order valence-electron chi connectivity index (χ4n) is 2.48. The Bertz CT molecular complexity index is 425. The van der Waals surface area contributed by atoms with Crippen molar-refractivity contribution in [2.45, 2.75) is 57.9 Å². The monoisotopic (exact) mass is 254 g/mol. The van der Waals surface area contributed by atoms with Crippen LogP contribution in [0.1, 0.15) is 68.4 Å². The summed E-state index contributed by atoms with van der Waals surface area (Å²) in [4.78, 5) is 11.2. The van der Waals surface area contributed by atoms with E-state index < -0.39 is 0 Å². The maximum atomic E-state index is 11.2. The predicted molar refractivity (Wildman–Crippen MR) is 68.8 cm³/mol. The van der Waals surface area contributed by atoms with Crippen LogP contribution in [0.5, 0.6) is 0 Å². The van der Waals surface area contributed by atoms with Gasteiger partial charge in [-0.1, -0.05) is 24.4 Å². The highest BCUT2D eigenvalue weighted by molar-refractivity contribution is 6.32. The molecule has 0 N–H and O–H groups in total. The molecule has 0 aliphatic heterocycles. The van der Waals surface area contributed by atoms with Crippen molar-refractivity contribution in [2.24, 2.45) is 0 Å². The van der Waals surface area contributed by atoms with Crippen LogP contribution >= 0.6 is 11.6 Å². The van der Waals surface area contributed by atoms with Crippen molar-refractivity contribution >= 4 is 17.9 Å². The van der Waals surface area contributed by atoms with E-state index in [0.717, 1.165) is 24.8 Å². The molecule has 0 spiro atoms. The maximum Gasteiger partial charge on any atom is 0.155 e. The zero-order valence-corrected chi connectivity index (χ0v) is 11.4. The zero-order chi connectivity index (χ0) is 12.6. The number of carbonyl (C=O) groups is 1. The number of aromatic nitrogens is 2. The summed E-state index contributed by atoms with van der Waals surface area (Å²) < 4.78 is 1.77. The first-order valence-electron chi connectivity index (χ1n) is 6.19. The zero-order valence-electron chi connectivity index (χ0n) is 10.7. The molecule has 1 aromatic heterocycles. The Hall–Kier alpha value is -0.830. The number of nitrogens with zero attached hydrogens (tertiary/aromatic N) is 2. The SMILES string of the molecule is CC(C)(C)n1nc(C2CCCC2)c(C=O)c1Cl. The van der Waals surface area contributed by atoms with Crippen molar-refractivity contribution in [3.05, 3.63) is 16.4 Å². The summed E-state index contributed by atoms with van der Waals surface area (Å²) in [5, 5.41) is 5.07. The van der Waals surface area contributed by atoms with Crippen molar-refractivity contribution in [3.8, 4) is 0 Å². The summed E-state index contributed by atoms with van der Waals surface area (Å²) in [6.45, 7) is 6.12. The molecule has 2 rings (SSSR count). The van der Waals surface area contributed by atoms with Crippen LogP contribution in [0.4, 0.5) is 0 Å². The predicted octanol–water partition coefficient (Wildman–Crippen LogP) is 3.76.